The van der Waals surface area contributed by atoms with Gasteiger partial charge in [0, 0.05) is 32.4 Å². The van der Waals surface area contributed by atoms with Crippen molar-refractivity contribution < 1.29 is 19.1 Å². The molecule has 0 spiro atoms. The average Bonchev–Trinajstić information content (AvgIpc) is 3.06. The van der Waals surface area contributed by atoms with Crippen LogP contribution in [0.2, 0.25) is 0 Å². The Bertz CT molecular complexity index is 861. The minimum atomic E-state index is -0.368. The molecule has 0 aromatic rings. The first-order chi connectivity index (χ1) is 23.1. The maximum Gasteiger partial charge on any atom is 0.306 e. The third-order valence-corrected chi connectivity index (χ3v) is 8.93. The summed E-state index contributed by atoms with van der Waals surface area (Å²) in [4.78, 5) is 27.4. The van der Waals surface area contributed by atoms with Crippen molar-refractivity contribution in [1.29, 1.82) is 0 Å². The minimum Gasteiger partial charge on any atom is -0.458 e. The summed E-state index contributed by atoms with van der Waals surface area (Å²) < 4.78 is 11.7. The molecule has 1 aliphatic rings. The van der Waals surface area contributed by atoms with Gasteiger partial charge in [0.1, 0.15) is 6.10 Å². The number of nitrogens with zero attached hydrogens (tertiary/aromatic N) is 1. The maximum atomic E-state index is 12.6. The zero-order valence-corrected chi connectivity index (χ0v) is 30.9. The quantitative estimate of drug-likeness (QED) is 0.0438. The van der Waals surface area contributed by atoms with Gasteiger partial charge in [0.2, 0.25) is 0 Å². The number of hydrogen-bond acceptors (Lipinski definition) is 5. The first-order valence-corrected chi connectivity index (χ1v) is 19.7. The molecule has 1 heterocycles. The number of carbonyl (C=O) groups is 2. The molecule has 0 bridgehead atoms. The smallest absolute Gasteiger partial charge is 0.306 e. The Balaban J connectivity index is 2.09. The van der Waals surface area contributed by atoms with Gasteiger partial charge in [-0.1, -0.05) is 127 Å². The molecule has 1 aliphatic heterocycles. The van der Waals surface area contributed by atoms with Crippen molar-refractivity contribution in [2.75, 3.05) is 20.1 Å². The predicted octanol–water partition coefficient (Wildman–Crippen LogP) is 11.8. The molecule has 5 heteroatoms. The van der Waals surface area contributed by atoms with Gasteiger partial charge >= 0.3 is 11.9 Å². The van der Waals surface area contributed by atoms with E-state index in [-0.39, 0.29) is 24.1 Å². The molecule has 0 aromatic heterocycles. The fourth-order valence-electron chi connectivity index (χ4n) is 5.91. The van der Waals surface area contributed by atoms with Crippen LogP contribution in [0.3, 0.4) is 0 Å². The second kappa shape index (κ2) is 32.4. The van der Waals surface area contributed by atoms with Crippen molar-refractivity contribution in [3.8, 4) is 0 Å². The van der Waals surface area contributed by atoms with E-state index in [1.165, 1.54) is 77.0 Å². The summed E-state index contributed by atoms with van der Waals surface area (Å²) in [5, 5.41) is 0. The van der Waals surface area contributed by atoms with Crippen molar-refractivity contribution >= 4 is 11.9 Å². The van der Waals surface area contributed by atoms with Crippen LogP contribution < -0.4 is 0 Å². The third kappa shape index (κ3) is 27.5. The molecule has 5 nitrogen and oxygen atoms in total. The largest absolute Gasteiger partial charge is 0.458 e. The highest BCUT2D eigenvalue weighted by Crippen LogP contribution is 2.19. The van der Waals surface area contributed by atoms with Crippen molar-refractivity contribution in [2.45, 2.75) is 187 Å². The van der Waals surface area contributed by atoms with Gasteiger partial charge in [0.25, 0.3) is 0 Å². The highest BCUT2D eigenvalue weighted by atomic mass is 16.6. The fourth-order valence-corrected chi connectivity index (χ4v) is 5.91. The van der Waals surface area contributed by atoms with E-state index < -0.39 is 0 Å². The molecule has 1 rings (SSSR count). The Morgan fingerprint density at radius 2 is 0.915 bits per heavy atom. The van der Waals surface area contributed by atoms with Gasteiger partial charge in [-0.25, -0.2) is 0 Å². The van der Waals surface area contributed by atoms with Crippen LogP contribution in [-0.4, -0.2) is 49.2 Å². The van der Waals surface area contributed by atoms with E-state index >= 15 is 0 Å². The Kier molecular flexibility index (Phi) is 29.6. The van der Waals surface area contributed by atoms with Gasteiger partial charge < -0.3 is 14.4 Å². The summed E-state index contributed by atoms with van der Waals surface area (Å²) in [6.07, 6.45) is 44.8. The van der Waals surface area contributed by atoms with Crippen LogP contribution in [0.1, 0.15) is 174 Å². The van der Waals surface area contributed by atoms with Gasteiger partial charge in [0.15, 0.2) is 6.10 Å². The minimum absolute atomic E-state index is 0.153. The zero-order valence-electron chi connectivity index (χ0n) is 30.9. The predicted molar refractivity (Wildman–Crippen MR) is 201 cm³/mol. The maximum absolute atomic E-state index is 12.6. The van der Waals surface area contributed by atoms with Crippen LogP contribution in [0.15, 0.2) is 48.6 Å². The van der Waals surface area contributed by atoms with Crippen LogP contribution in [0.25, 0.3) is 0 Å². The summed E-state index contributed by atoms with van der Waals surface area (Å²) >= 11 is 0. The van der Waals surface area contributed by atoms with Crippen molar-refractivity contribution in [3.05, 3.63) is 48.6 Å². The first-order valence-electron chi connectivity index (χ1n) is 19.7. The average molecular weight is 656 g/mol. The Morgan fingerprint density at radius 3 is 1.36 bits per heavy atom. The first kappa shape index (κ1) is 42.9. The van der Waals surface area contributed by atoms with Crippen molar-refractivity contribution in [3.63, 3.8) is 0 Å². The molecule has 0 unspecified atom stereocenters. The van der Waals surface area contributed by atoms with Crippen LogP contribution in [0, 0.1) is 0 Å². The summed E-state index contributed by atoms with van der Waals surface area (Å²) in [6, 6.07) is 0. The molecule has 2 atom stereocenters. The molecule has 0 radical (unpaired) electrons. The Hall–Kier alpha value is -2.14. The highest BCUT2D eigenvalue weighted by molar-refractivity contribution is 5.70. The number of carbonyl (C=O) groups excluding carboxylic acids is 2. The van der Waals surface area contributed by atoms with E-state index in [2.05, 4.69) is 67.4 Å². The lowest BCUT2D eigenvalue weighted by Gasteiger charge is -2.35. The van der Waals surface area contributed by atoms with Crippen molar-refractivity contribution in [1.82, 2.24) is 4.90 Å². The monoisotopic (exact) mass is 656 g/mol. The lowest BCUT2D eigenvalue weighted by molar-refractivity contribution is -0.174. The van der Waals surface area contributed by atoms with Crippen LogP contribution in [0.5, 0.6) is 0 Å². The van der Waals surface area contributed by atoms with Crippen molar-refractivity contribution in [2.24, 2.45) is 0 Å². The Labute approximate surface area is 290 Å². The number of hydrogen-bond donors (Lipinski definition) is 0. The Morgan fingerprint density at radius 1 is 0.532 bits per heavy atom. The number of ether oxygens (including phenoxy) is 2. The van der Waals surface area contributed by atoms with Crippen LogP contribution >= 0.6 is 0 Å². The van der Waals surface area contributed by atoms with Gasteiger partial charge in [0.05, 0.1) is 0 Å². The highest BCUT2D eigenvalue weighted by Gasteiger charge is 2.33. The molecule has 0 saturated carbocycles. The van der Waals surface area contributed by atoms with E-state index in [0.29, 0.717) is 25.8 Å². The van der Waals surface area contributed by atoms with Gasteiger partial charge in [-0.3, -0.25) is 9.59 Å². The number of likely N-dealkylation sites (tertiary alicyclic amines) is 1. The zero-order chi connectivity index (χ0) is 34.0. The lowest BCUT2D eigenvalue weighted by atomic mass is 10.0. The standard InChI is InChI=1S/C42H73NO4/c1-4-6-8-10-12-14-16-18-20-22-24-26-28-30-32-34-41(44)46-39-36-37-43(3)38-40(39)47-42(45)35-33-31-29-27-25-23-21-19-17-15-13-11-9-7-5-2/h12-15,18-21,39-40H,4-11,16-17,22-38H2,1-3H3/b14-12-,15-13-,20-18-,21-19-/t39-,40+/m1/s1. The summed E-state index contributed by atoms with van der Waals surface area (Å²) in [5.41, 5.74) is 0. The van der Waals surface area contributed by atoms with E-state index in [4.69, 9.17) is 9.47 Å². The number of esters is 2. The SMILES string of the molecule is CCCCC/C=C\C/C=C\CCCCCCCC(=O)O[C@H]1CN(C)CC[C@H]1OC(=O)CCCCCCC/C=C\C/C=C\CCCCC. The molecule has 1 fully saturated rings. The number of unbranched alkanes of at least 4 members (excludes halogenated alkanes) is 16. The van der Waals surface area contributed by atoms with Crippen LogP contribution in [0.4, 0.5) is 0 Å². The number of rotatable bonds is 30. The molecule has 0 aromatic carbocycles. The molecule has 270 valence electrons. The molecule has 1 saturated heterocycles. The van der Waals surface area contributed by atoms with E-state index in [0.717, 1.165) is 70.8 Å². The van der Waals surface area contributed by atoms with Gasteiger partial charge in [-0.05, 0) is 84.1 Å². The third-order valence-electron chi connectivity index (χ3n) is 8.93. The molecule has 0 aliphatic carbocycles. The van der Waals surface area contributed by atoms with E-state index in [1.54, 1.807) is 0 Å². The second-order valence-electron chi connectivity index (χ2n) is 13.6. The molecule has 0 amide bonds. The topological polar surface area (TPSA) is 55.8 Å². The molecular weight excluding hydrogens is 582 g/mol. The molecular formula is C42H73NO4. The van der Waals surface area contributed by atoms with Gasteiger partial charge in [-0.15, -0.1) is 0 Å². The number of piperidine rings is 1. The van der Waals surface area contributed by atoms with E-state index in [1.807, 2.05) is 7.05 Å². The normalized spacial score (nSPS) is 17.5. The van der Waals surface area contributed by atoms with Crippen LogP contribution in [-0.2, 0) is 19.1 Å². The summed E-state index contributed by atoms with van der Waals surface area (Å²) in [5.74, 6) is -0.314. The van der Waals surface area contributed by atoms with E-state index in [9.17, 15) is 9.59 Å². The number of likely N-dealkylation sites (N-methyl/N-ethyl adjacent to an activating group) is 1. The molecule has 0 N–H and O–H groups in total. The second-order valence-corrected chi connectivity index (χ2v) is 13.6. The number of allylic oxidation sites excluding steroid dienone is 8. The molecule has 47 heavy (non-hydrogen) atoms. The fraction of sp³-hybridized carbons (Fsp3) is 0.762. The van der Waals surface area contributed by atoms with Gasteiger partial charge in [-0.2, -0.15) is 0 Å². The lowest BCUT2D eigenvalue weighted by Crippen LogP contribution is -2.49. The summed E-state index contributed by atoms with van der Waals surface area (Å²) in [7, 11) is 2.03. The summed E-state index contributed by atoms with van der Waals surface area (Å²) in [6.45, 7) is 5.96.